The molecule has 0 radical (unpaired) electrons. The molecule has 1 heterocycles. The number of thiazole rings is 1. The third-order valence-electron chi connectivity index (χ3n) is 3.86. The van der Waals surface area contributed by atoms with Crippen molar-refractivity contribution in [2.75, 3.05) is 0 Å². The second-order valence-electron chi connectivity index (χ2n) is 5.43. The minimum absolute atomic E-state index is 0.179. The summed E-state index contributed by atoms with van der Waals surface area (Å²) in [4.78, 5) is 15.5. The zero-order valence-corrected chi connectivity index (χ0v) is 13.4. The molecule has 0 bridgehead atoms. The van der Waals surface area contributed by atoms with Crippen molar-refractivity contribution >= 4 is 50.4 Å². The number of carbonyl (C=O) groups excluding carboxylic acids is 1. The normalized spacial score (nSPS) is 11.5. The Morgan fingerprint density at radius 3 is 2.54 bits per heavy atom. The lowest BCUT2D eigenvalue weighted by molar-refractivity contribution is -0.255. The number of carboxylic acid groups (broad SMARTS) is 1. The van der Waals surface area contributed by atoms with E-state index in [9.17, 15) is 9.90 Å². The van der Waals surface area contributed by atoms with Crippen LogP contribution in [0.5, 0.6) is 0 Å². The van der Waals surface area contributed by atoms with Crippen molar-refractivity contribution in [3.8, 4) is 0 Å². The van der Waals surface area contributed by atoms with Gasteiger partial charge in [0, 0.05) is 5.39 Å². The Kier molecular flexibility index (Phi) is 3.59. The topological polar surface area (TPSA) is 53.0 Å². The van der Waals surface area contributed by atoms with Gasteiger partial charge in [-0.2, -0.15) is 0 Å². The number of fused-ring (bicyclic) bond motifs is 3. The van der Waals surface area contributed by atoms with E-state index in [1.54, 1.807) is 35.6 Å². The first kappa shape index (κ1) is 14.6. The van der Waals surface area contributed by atoms with Crippen LogP contribution in [0.15, 0.2) is 60.7 Å². The van der Waals surface area contributed by atoms with Gasteiger partial charge in [-0.1, -0.05) is 60.7 Å². The summed E-state index contributed by atoms with van der Waals surface area (Å²) in [5.74, 6) is -1.16. The smallest absolute Gasteiger partial charge is 0.117 e. The molecule has 1 aromatic heterocycles. The molecular formula is C20H12NO2S-. The Morgan fingerprint density at radius 2 is 1.75 bits per heavy atom. The second kappa shape index (κ2) is 5.91. The quantitative estimate of drug-likeness (QED) is 0.571. The van der Waals surface area contributed by atoms with Crippen LogP contribution in [0.2, 0.25) is 0 Å². The summed E-state index contributed by atoms with van der Waals surface area (Å²) < 4.78 is 1.15. The summed E-state index contributed by atoms with van der Waals surface area (Å²) in [7, 11) is 0. The first-order valence-corrected chi connectivity index (χ1v) is 8.30. The number of carbonyl (C=O) groups is 1. The first-order chi connectivity index (χ1) is 11.7. The van der Waals surface area contributed by atoms with Crippen molar-refractivity contribution in [2.45, 2.75) is 0 Å². The van der Waals surface area contributed by atoms with Crippen molar-refractivity contribution in [2.24, 2.45) is 0 Å². The SMILES string of the molecule is O=C([O-])c1ccc(/C=C/c2nc3c(ccc4ccccc43)s2)cc1. The molecule has 0 saturated carbocycles. The Balaban J connectivity index is 1.69. The highest BCUT2D eigenvalue weighted by Gasteiger charge is 2.05. The number of benzene rings is 3. The molecule has 116 valence electrons. The average Bonchev–Trinajstić information content (AvgIpc) is 3.04. The van der Waals surface area contributed by atoms with Crippen LogP contribution in [0.4, 0.5) is 0 Å². The monoisotopic (exact) mass is 330 g/mol. The lowest BCUT2D eigenvalue weighted by atomic mass is 10.1. The average molecular weight is 330 g/mol. The molecule has 4 rings (SSSR count). The van der Waals surface area contributed by atoms with Gasteiger partial charge in [0.15, 0.2) is 0 Å². The Morgan fingerprint density at radius 1 is 0.958 bits per heavy atom. The Bertz CT molecular complexity index is 1080. The van der Waals surface area contributed by atoms with Gasteiger partial charge >= 0.3 is 0 Å². The fourth-order valence-corrected chi connectivity index (χ4v) is 3.53. The molecule has 0 unspecified atom stereocenters. The molecule has 0 fully saturated rings. The molecule has 0 N–H and O–H groups in total. The van der Waals surface area contributed by atoms with Crippen LogP contribution >= 0.6 is 11.3 Å². The van der Waals surface area contributed by atoms with E-state index in [0.29, 0.717) is 0 Å². The third-order valence-corrected chi connectivity index (χ3v) is 4.85. The van der Waals surface area contributed by atoms with Gasteiger partial charge in [-0.25, -0.2) is 4.98 Å². The summed E-state index contributed by atoms with van der Waals surface area (Å²) >= 11 is 1.64. The summed E-state index contributed by atoms with van der Waals surface area (Å²) in [5.41, 5.74) is 2.12. The molecule has 4 aromatic rings. The molecule has 0 amide bonds. The van der Waals surface area contributed by atoms with Gasteiger partial charge in [0.2, 0.25) is 0 Å². The van der Waals surface area contributed by atoms with Crippen LogP contribution in [0, 0.1) is 0 Å². The summed E-state index contributed by atoms with van der Waals surface area (Å²) in [6.45, 7) is 0. The molecule has 0 saturated heterocycles. The van der Waals surface area contributed by atoms with Gasteiger partial charge in [-0.15, -0.1) is 11.3 Å². The second-order valence-corrected chi connectivity index (χ2v) is 6.49. The Labute approximate surface area is 142 Å². The van der Waals surface area contributed by atoms with Gasteiger partial charge in [-0.3, -0.25) is 0 Å². The zero-order valence-electron chi connectivity index (χ0n) is 12.6. The van der Waals surface area contributed by atoms with Crippen LogP contribution in [-0.2, 0) is 0 Å². The molecule has 0 spiro atoms. The van der Waals surface area contributed by atoms with Gasteiger partial charge in [-0.05, 0) is 28.7 Å². The van der Waals surface area contributed by atoms with Gasteiger partial charge in [0.25, 0.3) is 0 Å². The molecule has 24 heavy (non-hydrogen) atoms. The molecule has 3 nitrogen and oxygen atoms in total. The standard InChI is InChI=1S/C20H13NO2S/c22-20(23)15-8-5-13(6-9-15)7-12-18-21-19-16-4-2-1-3-14(16)10-11-17(19)24-18/h1-12H,(H,22,23)/p-1/b12-7+. The molecule has 0 aliphatic rings. The van der Waals surface area contributed by atoms with Crippen molar-refractivity contribution in [3.63, 3.8) is 0 Å². The van der Waals surface area contributed by atoms with Crippen LogP contribution < -0.4 is 5.11 Å². The van der Waals surface area contributed by atoms with Crippen molar-refractivity contribution in [1.82, 2.24) is 4.98 Å². The van der Waals surface area contributed by atoms with E-state index in [1.165, 1.54) is 5.39 Å². The number of rotatable bonds is 3. The maximum absolute atomic E-state index is 10.8. The van der Waals surface area contributed by atoms with Crippen molar-refractivity contribution in [3.05, 3.63) is 76.8 Å². The molecule has 3 aromatic carbocycles. The minimum atomic E-state index is -1.16. The highest BCUT2D eigenvalue weighted by molar-refractivity contribution is 7.19. The fourth-order valence-electron chi connectivity index (χ4n) is 2.65. The number of aromatic carboxylic acids is 1. The third kappa shape index (κ3) is 2.68. The molecule has 0 aliphatic carbocycles. The molecular weight excluding hydrogens is 318 g/mol. The number of nitrogens with zero attached hydrogens (tertiary/aromatic N) is 1. The number of carboxylic acids is 1. The van der Waals surface area contributed by atoms with E-state index in [4.69, 9.17) is 4.98 Å². The van der Waals surface area contributed by atoms with E-state index in [0.717, 1.165) is 26.2 Å². The van der Waals surface area contributed by atoms with E-state index in [2.05, 4.69) is 24.3 Å². The van der Waals surface area contributed by atoms with E-state index in [1.807, 2.05) is 24.3 Å². The summed E-state index contributed by atoms with van der Waals surface area (Å²) in [6, 6.07) is 19.0. The summed E-state index contributed by atoms with van der Waals surface area (Å²) in [6.07, 6.45) is 3.88. The Hall–Kier alpha value is -2.98. The lowest BCUT2D eigenvalue weighted by Gasteiger charge is -2.01. The van der Waals surface area contributed by atoms with E-state index in [-0.39, 0.29) is 5.56 Å². The molecule has 0 atom stereocenters. The zero-order chi connectivity index (χ0) is 16.5. The van der Waals surface area contributed by atoms with E-state index >= 15 is 0 Å². The fraction of sp³-hybridized carbons (Fsp3) is 0. The predicted octanol–water partition coefficient (Wildman–Crippen LogP) is 3.98. The number of hydrogen-bond acceptors (Lipinski definition) is 4. The van der Waals surface area contributed by atoms with Gasteiger partial charge in [0.05, 0.1) is 16.2 Å². The highest BCUT2D eigenvalue weighted by atomic mass is 32.1. The molecule has 0 aliphatic heterocycles. The van der Waals surface area contributed by atoms with Crippen molar-refractivity contribution < 1.29 is 9.90 Å². The predicted molar refractivity (Wildman–Crippen MR) is 96.8 cm³/mol. The summed E-state index contributed by atoms with van der Waals surface area (Å²) in [5, 5.41) is 14.0. The first-order valence-electron chi connectivity index (χ1n) is 7.48. The maximum Gasteiger partial charge on any atom is 0.117 e. The maximum atomic E-state index is 10.8. The van der Waals surface area contributed by atoms with Crippen LogP contribution in [0.25, 0.3) is 33.1 Å². The largest absolute Gasteiger partial charge is 0.545 e. The lowest BCUT2D eigenvalue weighted by Crippen LogP contribution is -2.21. The highest BCUT2D eigenvalue weighted by Crippen LogP contribution is 2.30. The number of hydrogen-bond donors (Lipinski definition) is 0. The minimum Gasteiger partial charge on any atom is -0.545 e. The van der Waals surface area contributed by atoms with Crippen LogP contribution in [-0.4, -0.2) is 11.0 Å². The van der Waals surface area contributed by atoms with E-state index < -0.39 is 5.97 Å². The van der Waals surface area contributed by atoms with Crippen molar-refractivity contribution in [1.29, 1.82) is 0 Å². The number of aromatic nitrogens is 1. The molecule has 4 heteroatoms. The van der Waals surface area contributed by atoms with Gasteiger partial charge < -0.3 is 9.90 Å². The van der Waals surface area contributed by atoms with Crippen LogP contribution in [0.1, 0.15) is 20.9 Å². The van der Waals surface area contributed by atoms with Gasteiger partial charge in [0.1, 0.15) is 5.01 Å². The van der Waals surface area contributed by atoms with Crippen LogP contribution in [0.3, 0.4) is 0 Å².